The van der Waals surface area contributed by atoms with Crippen molar-refractivity contribution in [3.05, 3.63) is 41.5 Å². The van der Waals surface area contributed by atoms with Gasteiger partial charge in [0.2, 0.25) is 5.91 Å². The quantitative estimate of drug-likeness (QED) is 0.787. The highest BCUT2D eigenvalue weighted by atomic mass is 19.1. The number of halogens is 1. The molecule has 1 aliphatic rings. The van der Waals surface area contributed by atoms with Gasteiger partial charge in [-0.1, -0.05) is 0 Å². The van der Waals surface area contributed by atoms with E-state index in [1.807, 2.05) is 25.8 Å². The number of nitrogens with one attached hydrogen (secondary N) is 1. The van der Waals surface area contributed by atoms with Gasteiger partial charge in [0.1, 0.15) is 11.6 Å². The van der Waals surface area contributed by atoms with E-state index in [9.17, 15) is 14.0 Å². The number of rotatable bonds is 6. The first-order chi connectivity index (χ1) is 13.8. The molecule has 0 spiro atoms. The molecule has 29 heavy (non-hydrogen) atoms. The van der Waals surface area contributed by atoms with Crippen molar-refractivity contribution in [1.29, 1.82) is 0 Å². The number of benzene rings is 1. The van der Waals surface area contributed by atoms with Crippen LogP contribution in [0.15, 0.2) is 24.3 Å². The summed E-state index contributed by atoms with van der Waals surface area (Å²) in [5.74, 6) is -0.114. The summed E-state index contributed by atoms with van der Waals surface area (Å²) in [5, 5.41) is 7.23. The Hall–Kier alpha value is -2.94. The third-order valence-corrected chi connectivity index (χ3v) is 5.04. The van der Waals surface area contributed by atoms with Gasteiger partial charge in [-0.15, -0.1) is 0 Å². The van der Waals surface area contributed by atoms with Crippen LogP contribution in [0, 0.1) is 19.7 Å². The largest absolute Gasteiger partial charge is 0.484 e. The molecule has 3 rings (SSSR count). The number of aryl methyl sites for hydroxylation is 2. The molecule has 2 aromatic rings. The predicted molar refractivity (Wildman–Crippen MR) is 106 cm³/mol. The second-order valence-corrected chi connectivity index (χ2v) is 7.12. The van der Waals surface area contributed by atoms with Crippen LogP contribution in [0.1, 0.15) is 11.4 Å². The summed E-state index contributed by atoms with van der Waals surface area (Å²) in [7, 11) is 1.84. The predicted octanol–water partition coefficient (Wildman–Crippen LogP) is 1.34. The van der Waals surface area contributed by atoms with Gasteiger partial charge >= 0.3 is 0 Å². The molecule has 1 aromatic heterocycles. The van der Waals surface area contributed by atoms with E-state index in [0.717, 1.165) is 17.1 Å². The van der Waals surface area contributed by atoms with Crippen molar-refractivity contribution in [3.8, 4) is 5.75 Å². The van der Waals surface area contributed by atoms with Gasteiger partial charge in [-0.2, -0.15) is 5.10 Å². The van der Waals surface area contributed by atoms with Crippen LogP contribution in [-0.4, -0.2) is 70.7 Å². The van der Waals surface area contributed by atoms with E-state index >= 15 is 0 Å². The average Bonchev–Trinajstić information content (AvgIpc) is 2.94. The van der Waals surface area contributed by atoms with Crippen LogP contribution in [-0.2, 0) is 16.6 Å². The van der Waals surface area contributed by atoms with Gasteiger partial charge < -0.3 is 15.0 Å². The lowest BCUT2D eigenvalue weighted by atomic mass is 10.3. The second-order valence-electron chi connectivity index (χ2n) is 7.12. The molecular weight excluding hydrogens is 377 g/mol. The Balaban J connectivity index is 1.42. The van der Waals surface area contributed by atoms with E-state index in [4.69, 9.17) is 4.74 Å². The Morgan fingerprint density at radius 3 is 2.38 bits per heavy atom. The third kappa shape index (κ3) is 5.32. The summed E-state index contributed by atoms with van der Waals surface area (Å²) in [6.07, 6.45) is 0. The molecule has 0 aliphatic carbocycles. The van der Waals surface area contributed by atoms with Crippen molar-refractivity contribution >= 4 is 17.5 Å². The number of anilines is 1. The molecule has 0 saturated carbocycles. The molecule has 9 heteroatoms. The van der Waals surface area contributed by atoms with E-state index in [-0.39, 0.29) is 30.8 Å². The maximum Gasteiger partial charge on any atom is 0.260 e. The summed E-state index contributed by atoms with van der Waals surface area (Å²) in [5.41, 5.74) is 2.45. The maximum absolute atomic E-state index is 12.9. The van der Waals surface area contributed by atoms with Crippen LogP contribution in [0.3, 0.4) is 0 Å². The lowest BCUT2D eigenvalue weighted by molar-refractivity contribution is -0.135. The molecular formula is C20H26FN5O3. The summed E-state index contributed by atoms with van der Waals surface area (Å²) >= 11 is 0. The van der Waals surface area contributed by atoms with E-state index in [2.05, 4.69) is 10.4 Å². The molecule has 0 unspecified atom stereocenters. The van der Waals surface area contributed by atoms with Gasteiger partial charge in [0.15, 0.2) is 6.61 Å². The molecule has 8 nitrogen and oxygen atoms in total. The number of carbonyl (C=O) groups is 2. The van der Waals surface area contributed by atoms with Crippen LogP contribution >= 0.6 is 0 Å². The first-order valence-corrected chi connectivity index (χ1v) is 9.52. The average molecular weight is 403 g/mol. The van der Waals surface area contributed by atoms with E-state index in [1.54, 1.807) is 9.58 Å². The SMILES string of the molecule is Cc1nn(C)c(C)c1NC(=O)CN1CCN(C(=O)COc2ccc(F)cc2)CC1. The minimum Gasteiger partial charge on any atom is -0.484 e. The van der Waals surface area contributed by atoms with E-state index in [1.165, 1.54) is 24.3 Å². The van der Waals surface area contributed by atoms with Crippen molar-refractivity contribution in [2.45, 2.75) is 13.8 Å². The van der Waals surface area contributed by atoms with Crippen LogP contribution in [0.25, 0.3) is 0 Å². The monoisotopic (exact) mass is 403 g/mol. The van der Waals surface area contributed by atoms with Gasteiger partial charge in [0.25, 0.3) is 5.91 Å². The highest BCUT2D eigenvalue weighted by Crippen LogP contribution is 2.18. The molecule has 1 saturated heterocycles. The lowest BCUT2D eigenvalue weighted by Gasteiger charge is -2.34. The molecule has 156 valence electrons. The highest BCUT2D eigenvalue weighted by Gasteiger charge is 2.23. The number of amides is 2. The molecule has 1 fully saturated rings. The second kappa shape index (κ2) is 9.04. The number of nitrogens with zero attached hydrogens (tertiary/aromatic N) is 4. The van der Waals surface area contributed by atoms with Crippen molar-refractivity contribution in [1.82, 2.24) is 19.6 Å². The summed E-state index contributed by atoms with van der Waals surface area (Å²) in [4.78, 5) is 28.4. The fourth-order valence-electron chi connectivity index (χ4n) is 3.26. The highest BCUT2D eigenvalue weighted by molar-refractivity contribution is 5.93. The Labute approximate surface area is 169 Å². The number of hydrogen-bond acceptors (Lipinski definition) is 5. The number of aromatic nitrogens is 2. The molecule has 0 bridgehead atoms. The van der Waals surface area contributed by atoms with Crippen LogP contribution in [0.5, 0.6) is 5.75 Å². The van der Waals surface area contributed by atoms with Crippen LogP contribution < -0.4 is 10.1 Å². The Kier molecular flexibility index (Phi) is 6.48. The van der Waals surface area contributed by atoms with Gasteiger partial charge in [-0.3, -0.25) is 19.2 Å². The maximum atomic E-state index is 12.9. The van der Waals surface area contributed by atoms with E-state index < -0.39 is 0 Å². The zero-order valence-electron chi connectivity index (χ0n) is 16.9. The van der Waals surface area contributed by atoms with Crippen molar-refractivity contribution < 1.29 is 18.7 Å². The van der Waals surface area contributed by atoms with Gasteiger partial charge in [-0.25, -0.2) is 4.39 Å². The van der Waals surface area contributed by atoms with Crippen molar-refractivity contribution in [2.24, 2.45) is 7.05 Å². The van der Waals surface area contributed by atoms with Crippen LogP contribution in [0.4, 0.5) is 10.1 Å². The Morgan fingerprint density at radius 1 is 1.14 bits per heavy atom. The minimum atomic E-state index is -0.349. The van der Waals surface area contributed by atoms with E-state index in [0.29, 0.717) is 31.9 Å². The summed E-state index contributed by atoms with van der Waals surface area (Å²) in [6, 6.07) is 5.56. The minimum absolute atomic E-state index is 0.0916. The zero-order valence-corrected chi connectivity index (χ0v) is 16.9. The molecule has 2 amide bonds. The molecule has 1 aliphatic heterocycles. The Bertz CT molecular complexity index is 873. The number of carbonyl (C=O) groups excluding carboxylic acids is 2. The Morgan fingerprint density at radius 2 is 1.79 bits per heavy atom. The van der Waals surface area contributed by atoms with Gasteiger partial charge in [0.05, 0.1) is 23.6 Å². The van der Waals surface area contributed by atoms with Crippen molar-refractivity contribution in [3.63, 3.8) is 0 Å². The summed E-state index contributed by atoms with van der Waals surface area (Å²) < 4.78 is 20.1. The number of ether oxygens (including phenoxy) is 1. The molecule has 0 radical (unpaired) electrons. The normalized spacial score (nSPS) is 14.7. The molecule has 0 atom stereocenters. The smallest absolute Gasteiger partial charge is 0.260 e. The number of piperazine rings is 1. The van der Waals surface area contributed by atoms with Crippen LogP contribution in [0.2, 0.25) is 0 Å². The summed E-state index contributed by atoms with van der Waals surface area (Å²) in [6.45, 7) is 6.23. The first-order valence-electron chi connectivity index (χ1n) is 9.52. The van der Waals surface area contributed by atoms with Crippen molar-refractivity contribution in [2.75, 3.05) is 44.6 Å². The number of hydrogen-bond donors (Lipinski definition) is 1. The standard InChI is InChI=1S/C20H26FN5O3/c1-14-20(15(2)24(3)23-14)22-18(27)12-25-8-10-26(11-9-25)19(28)13-29-17-6-4-16(21)5-7-17/h4-7H,8-13H2,1-3H3,(H,22,27). The first kappa shape index (κ1) is 20.8. The lowest BCUT2D eigenvalue weighted by Crippen LogP contribution is -2.51. The fourth-order valence-corrected chi connectivity index (χ4v) is 3.26. The fraction of sp³-hybridized carbons (Fsp3) is 0.450. The molecule has 1 N–H and O–H groups in total. The third-order valence-electron chi connectivity index (χ3n) is 5.04. The van der Waals surface area contributed by atoms with Gasteiger partial charge in [-0.05, 0) is 38.1 Å². The zero-order chi connectivity index (χ0) is 21.0. The molecule has 2 heterocycles. The van der Waals surface area contributed by atoms with Gasteiger partial charge in [0, 0.05) is 33.2 Å². The molecule has 1 aromatic carbocycles. The topological polar surface area (TPSA) is 79.7 Å².